The molecule has 0 spiro atoms. The van der Waals surface area contributed by atoms with Crippen LogP contribution in [0.5, 0.6) is 0 Å². The van der Waals surface area contributed by atoms with Gasteiger partial charge in [0.1, 0.15) is 0 Å². The van der Waals surface area contributed by atoms with Gasteiger partial charge in [0.2, 0.25) is 0 Å². The van der Waals surface area contributed by atoms with Crippen LogP contribution in [0.2, 0.25) is 10.0 Å². The third kappa shape index (κ3) is 3.63. The van der Waals surface area contributed by atoms with Crippen molar-refractivity contribution in [3.63, 3.8) is 0 Å². The van der Waals surface area contributed by atoms with Gasteiger partial charge in [0.05, 0.1) is 12.7 Å². The van der Waals surface area contributed by atoms with E-state index in [-0.39, 0.29) is 12.5 Å². The summed E-state index contributed by atoms with van der Waals surface area (Å²) in [5, 5.41) is 19.5. The predicted octanol–water partition coefficient (Wildman–Crippen LogP) is 3.23. The van der Waals surface area contributed by atoms with Crippen molar-refractivity contribution in [1.29, 1.82) is 0 Å². The molecule has 0 radical (unpaired) electrons. The van der Waals surface area contributed by atoms with Gasteiger partial charge in [0, 0.05) is 10.0 Å². The minimum absolute atomic E-state index is 0.145. The van der Waals surface area contributed by atoms with Gasteiger partial charge in [-0.25, -0.2) is 0 Å². The molecular formula is C12H16Cl2O2. The SMILES string of the molecule is CCC(CC(O)CO)c1ccc(Cl)cc1Cl. The molecule has 0 aliphatic heterocycles. The Balaban J connectivity index is 2.86. The van der Waals surface area contributed by atoms with Crippen LogP contribution in [0.1, 0.15) is 31.2 Å². The molecule has 90 valence electrons. The molecule has 16 heavy (non-hydrogen) atoms. The number of hydrogen-bond donors (Lipinski definition) is 2. The van der Waals surface area contributed by atoms with Crippen LogP contribution in [-0.2, 0) is 0 Å². The zero-order chi connectivity index (χ0) is 12.1. The minimum Gasteiger partial charge on any atom is -0.394 e. The Kier molecular flexibility index (Phi) is 5.56. The lowest BCUT2D eigenvalue weighted by Crippen LogP contribution is -2.16. The smallest absolute Gasteiger partial charge is 0.0776 e. The summed E-state index contributed by atoms with van der Waals surface area (Å²) < 4.78 is 0. The van der Waals surface area contributed by atoms with Gasteiger partial charge in [-0.2, -0.15) is 0 Å². The topological polar surface area (TPSA) is 40.5 Å². The molecular weight excluding hydrogens is 247 g/mol. The monoisotopic (exact) mass is 262 g/mol. The van der Waals surface area contributed by atoms with Gasteiger partial charge in [-0.3, -0.25) is 0 Å². The molecule has 2 N–H and O–H groups in total. The molecule has 0 heterocycles. The fourth-order valence-electron chi connectivity index (χ4n) is 1.75. The minimum atomic E-state index is -0.698. The average molecular weight is 263 g/mol. The first-order valence-electron chi connectivity index (χ1n) is 5.32. The maximum absolute atomic E-state index is 9.45. The van der Waals surface area contributed by atoms with Crippen LogP contribution < -0.4 is 0 Å². The molecule has 1 rings (SSSR count). The number of hydrogen-bond acceptors (Lipinski definition) is 2. The van der Waals surface area contributed by atoms with Gasteiger partial charge in [-0.1, -0.05) is 36.2 Å². The predicted molar refractivity (Wildman–Crippen MR) is 67.2 cm³/mol. The van der Waals surface area contributed by atoms with E-state index in [1.165, 1.54) is 0 Å². The molecule has 2 nitrogen and oxygen atoms in total. The van der Waals surface area contributed by atoms with E-state index in [2.05, 4.69) is 0 Å². The van der Waals surface area contributed by atoms with Crippen molar-refractivity contribution in [2.24, 2.45) is 0 Å². The van der Waals surface area contributed by atoms with Gasteiger partial charge < -0.3 is 10.2 Å². The average Bonchev–Trinajstić information content (AvgIpc) is 2.26. The summed E-state index contributed by atoms with van der Waals surface area (Å²) in [5.74, 6) is 0.145. The molecule has 2 atom stereocenters. The molecule has 0 aromatic heterocycles. The van der Waals surface area contributed by atoms with Gasteiger partial charge in [-0.05, 0) is 36.5 Å². The van der Waals surface area contributed by atoms with Gasteiger partial charge in [0.25, 0.3) is 0 Å². The summed E-state index contributed by atoms with van der Waals surface area (Å²) in [6, 6.07) is 5.37. The second-order valence-electron chi connectivity index (χ2n) is 3.84. The van der Waals surface area contributed by atoms with E-state index < -0.39 is 6.10 Å². The quantitative estimate of drug-likeness (QED) is 0.856. The maximum Gasteiger partial charge on any atom is 0.0776 e. The van der Waals surface area contributed by atoms with Crippen LogP contribution >= 0.6 is 23.2 Å². The summed E-state index contributed by atoms with van der Waals surface area (Å²) in [4.78, 5) is 0. The standard InChI is InChI=1S/C12H16Cl2O2/c1-2-8(5-10(16)7-15)11-4-3-9(13)6-12(11)14/h3-4,6,8,10,15-16H,2,5,7H2,1H3. The van der Waals surface area contributed by atoms with Gasteiger partial charge >= 0.3 is 0 Å². The number of aliphatic hydroxyl groups is 2. The Hall–Kier alpha value is -0.280. The molecule has 0 saturated heterocycles. The second-order valence-corrected chi connectivity index (χ2v) is 4.69. The van der Waals surface area contributed by atoms with Crippen molar-refractivity contribution >= 4 is 23.2 Å². The molecule has 2 unspecified atom stereocenters. The van der Waals surface area contributed by atoms with Crippen molar-refractivity contribution in [3.8, 4) is 0 Å². The molecule has 0 bridgehead atoms. The fraction of sp³-hybridized carbons (Fsp3) is 0.500. The fourth-order valence-corrected chi connectivity index (χ4v) is 2.31. The van der Waals surface area contributed by atoms with Crippen molar-refractivity contribution in [1.82, 2.24) is 0 Å². The van der Waals surface area contributed by atoms with Crippen LogP contribution in [0, 0.1) is 0 Å². The van der Waals surface area contributed by atoms with Crippen molar-refractivity contribution in [2.45, 2.75) is 31.8 Å². The molecule has 0 aliphatic carbocycles. The highest BCUT2D eigenvalue weighted by molar-refractivity contribution is 6.35. The Bertz CT molecular complexity index is 342. The highest BCUT2D eigenvalue weighted by Crippen LogP contribution is 2.32. The summed E-state index contributed by atoms with van der Waals surface area (Å²) in [6.45, 7) is 1.81. The van der Waals surface area contributed by atoms with Crippen LogP contribution in [0.4, 0.5) is 0 Å². The van der Waals surface area contributed by atoms with Crippen LogP contribution in [0.3, 0.4) is 0 Å². The molecule has 0 aliphatic rings. The Morgan fingerprint density at radius 3 is 2.50 bits per heavy atom. The largest absolute Gasteiger partial charge is 0.394 e. The molecule has 4 heteroatoms. The van der Waals surface area contributed by atoms with E-state index in [4.69, 9.17) is 28.3 Å². The van der Waals surface area contributed by atoms with E-state index in [0.717, 1.165) is 12.0 Å². The highest BCUT2D eigenvalue weighted by Gasteiger charge is 2.17. The number of rotatable bonds is 5. The van der Waals surface area contributed by atoms with E-state index in [1.807, 2.05) is 13.0 Å². The third-order valence-electron chi connectivity index (χ3n) is 2.66. The molecule has 0 saturated carbocycles. The van der Waals surface area contributed by atoms with E-state index in [9.17, 15) is 5.11 Å². The Morgan fingerprint density at radius 1 is 1.31 bits per heavy atom. The normalized spacial score (nSPS) is 14.8. The van der Waals surface area contributed by atoms with E-state index in [1.54, 1.807) is 12.1 Å². The lowest BCUT2D eigenvalue weighted by molar-refractivity contribution is 0.0817. The summed E-state index contributed by atoms with van der Waals surface area (Å²) in [7, 11) is 0. The van der Waals surface area contributed by atoms with E-state index in [0.29, 0.717) is 16.5 Å². The molecule has 1 aromatic rings. The molecule has 0 amide bonds. The maximum atomic E-state index is 9.45. The van der Waals surface area contributed by atoms with Crippen LogP contribution in [-0.4, -0.2) is 22.9 Å². The zero-order valence-electron chi connectivity index (χ0n) is 9.16. The highest BCUT2D eigenvalue weighted by atomic mass is 35.5. The lowest BCUT2D eigenvalue weighted by atomic mass is 9.91. The summed E-state index contributed by atoms with van der Waals surface area (Å²) in [6.07, 6.45) is 0.670. The molecule has 0 fully saturated rings. The van der Waals surface area contributed by atoms with Gasteiger partial charge in [-0.15, -0.1) is 0 Å². The lowest BCUT2D eigenvalue weighted by Gasteiger charge is -2.19. The van der Waals surface area contributed by atoms with Crippen LogP contribution in [0.15, 0.2) is 18.2 Å². The van der Waals surface area contributed by atoms with Crippen molar-refractivity contribution < 1.29 is 10.2 Å². The van der Waals surface area contributed by atoms with Crippen molar-refractivity contribution in [3.05, 3.63) is 33.8 Å². The first kappa shape index (κ1) is 13.8. The number of benzene rings is 1. The van der Waals surface area contributed by atoms with Crippen LogP contribution in [0.25, 0.3) is 0 Å². The third-order valence-corrected chi connectivity index (χ3v) is 3.22. The number of aliphatic hydroxyl groups excluding tert-OH is 2. The first-order valence-corrected chi connectivity index (χ1v) is 6.08. The van der Waals surface area contributed by atoms with Gasteiger partial charge in [0.15, 0.2) is 0 Å². The second kappa shape index (κ2) is 6.45. The zero-order valence-corrected chi connectivity index (χ0v) is 10.7. The summed E-state index contributed by atoms with van der Waals surface area (Å²) in [5.41, 5.74) is 0.973. The molecule has 1 aromatic carbocycles. The first-order chi connectivity index (χ1) is 7.58. The Morgan fingerprint density at radius 2 is 2.00 bits per heavy atom. The Labute approximate surface area is 106 Å². The summed E-state index contributed by atoms with van der Waals surface area (Å²) >= 11 is 11.9. The van der Waals surface area contributed by atoms with E-state index >= 15 is 0 Å². The van der Waals surface area contributed by atoms with Crippen molar-refractivity contribution in [2.75, 3.05) is 6.61 Å². The number of halogens is 2.